The van der Waals surface area contributed by atoms with Crippen LogP contribution in [0.3, 0.4) is 0 Å². The molecule has 0 radical (unpaired) electrons. The van der Waals surface area contributed by atoms with Crippen molar-refractivity contribution in [3.63, 3.8) is 0 Å². The molecule has 0 heterocycles. The molecule has 0 spiro atoms. The summed E-state index contributed by atoms with van der Waals surface area (Å²) in [5.74, 6) is 0.847. The molecule has 86 valence electrons. The Hall–Kier alpha value is -1.53. The number of methoxy groups -OCH3 is 1. The highest BCUT2D eigenvalue weighted by Gasteiger charge is 2.18. The number of hydrogen-bond acceptors (Lipinski definition) is 3. The van der Waals surface area contributed by atoms with Crippen molar-refractivity contribution in [3.05, 3.63) is 29.3 Å². The Morgan fingerprint density at radius 1 is 1.44 bits per heavy atom. The van der Waals surface area contributed by atoms with Gasteiger partial charge in [0.15, 0.2) is 0 Å². The van der Waals surface area contributed by atoms with E-state index >= 15 is 0 Å². The van der Waals surface area contributed by atoms with Crippen molar-refractivity contribution < 1.29 is 4.74 Å². The maximum atomic E-state index is 8.86. The Kier molecular flexibility index (Phi) is 4.33. The largest absolute Gasteiger partial charge is 0.496 e. The molecule has 0 fully saturated rings. The molecule has 3 heteroatoms. The van der Waals surface area contributed by atoms with Gasteiger partial charge in [-0.1, -0.05) is 17.7 Å². The third kappa shape index (κ3) is 2.74. The molecule has 1 unspecified atom stereocenters. The van der Waals surface area contributed by atoms with Crippen molar-refractivity contribution in [2.24, 2.45) is 0 Å². The van der Waals surface area contributed by atoms with Crippen molar-refractivity contribution in [2.45, 2.75) is 19.4 Å². The molecule has 0 aliphatic carbocycles. The minimum Gasteiger partial charge on any atom is -0.496 e. The van der Waals surface area contributed by atoms with E-state index in [1.54, 1.807) is 7.11 Å². The summed E-state index contributed by atoms with van der Waals surface area (Å²) in [6.07, 6.45) is 0.465. The van der Waals surface area contributed by atoms with Crippen LogP contribution in [-0.2, 0) is 0 Å². The molecule has 0 aliphatic heterocycles. The number of aryl methyl sites for hydroxylation is 1. The van der Waals surface area contributed by atoms with E-state index in [1.807, 2.05) is 38.1 Å². The quantitative estimate of drug-likeness (QED) is 0.779. The predicted molar refractivity (Wildman–Crippen MR) is 64.4 cm³/mol. The predicted octanol–water partition coefficient (Wildman–Crippen LogP) is 2.52. The van der Waals surface area contributed by atoms with Gasteiger partial charge in [0.05, 0.1) is 25.6 Å². The lowest BCUT2D eigenvalue weighted by molar-refractivity contribution is 0.292. The Bertz CT molecular complexity index is 393. The summed E-state index contributed by atoms with van der Waals surface area (Å²) in [5, 5.41) is 8.86. The average molecular weight is 218 g/mol. The van der Waals surface area contributed by atoms with Gasteiger partial charge in [-0.2, -0.15) is 5.26 Å². The number of ether oxygens (including phenoxy) is 1. The summed E-state index contributed by atoms with van der Waals surface area (Å²) in [6, 6.07) is 8.36. The molecule has 1 aromatic rings. The van der Waals surface area contributed by atoms with Gasteiger partial charge in [0.2, 0.25) is 0 Å². The summed E-state index contributed by atoms with van der Waals surface area (Å²) >= 11 is 0. The molecule has 0 bridgehead atoms. The summed E-state index contributed by atoms with van der Waals surface area (Å²) < 4.78 is 5.34. The highest BCUT2D eigenvalue weighted by molar-refractivity contribution is 5.39. The van der Waals surface area contributed by atoms with Crippen LogP contribution >= 0.6 is 0 Å². The van der Waals surface area contributed by atoms with Crippen molar-refractivity contribution in [1.82, 2.24) is 4.90 Å². The summed E-state index contributed by atoms with van der Waals surface area (Å²) in [7, 11) is 5.61. The van der Waals surface area contributed by atoms with Gasteiger partial charge in [0.25, 0.3) is 0 Å². The molecule has 1 atom stereocenters. The second-order valence-corrected chi connectivity index (χ2v) is 4.09. The van der Waals surface area contributed by atoms with E-state index in [4.69, 9.17) is 10.00 Å². The zero-order valence-electron chi connectivity index (χ0n) is 10.3. The fourth-order valence-electron chi connectivity index (χ4n) is 1.77. The van der Waals surface area contributed by atoms with Crippen LogP contribution in [0.15, 0.2) is 18.2 Å². The second kappa shape index (κ2) is 5.53. The van der Waals surface area contributed by atoms with Gasteiger partial charge in [-0.25, -0.2) is 0 Å². The number of nitriles is 1. The van der Waals surface area contributed by atoms with E-state index in [9.17, 15) is 0 Å². The minimum atomic E-state index is 0.0832. The lowest BCUT2D eigenvalue weighted by atomic mass is 10.00. The molecule has 0 N–H and O–H groups in total. The van der Waals surface area contributed by atoms with Gasteiger partial charge >= 0.3 is 0 Å². The van der Waals surface area contributed by atoms with Gasteiger partial charge in [0, 0.05) is 5.56 Å². The zero-order valence-corrected chi connectivity index (χ0v) is 10.3. The number of rotatable bonds is 4. The minimum absolute atomic E-state index is 0.0832. The topological polar surface area (TPSA) is 36.3 Å². The van der Waals surface area contributed by atoms with E-state index < -0.39 is 0 Å². The first-order valence-corrected chi connectivity index (χ1v) is 5.28. The number of nitrogens with zero attached hydrogens (tertiary/aromatic N) is 2. The van der Waals surface area contributed by atoms with Crippen LogP contribution in [0.4, 0.5) is 0 Å². The smallest absolute Gasteiger partial charge is 0.123 e. The lowest BCUT2D eigenvalue weighted by Gasteiger charge is -2.24. The molecular formula is C13H18N2O. The SMILES string of the molecule is COc1ccc(C)cc1C(CC#N)N(C)C. The first kappa shape index (κ1) is 12.5. The van der Waals surface area contributed by atoms with Crippen molar-refractivity contribution >= 4 is 0 Å². The van der Waals surface area contributed by atoms with Crippen LogP contribution in [0, 0.1) is 18.3 Å². The monoisotopic (exact) mass is 218 g/mol. The van der Waals surface area contributed by atoms with Crippen LogP contribution in [0.5, 0.6) is 5.75 Å². The van der Waals surface area contributed by atoms with Gasteiger partial charge in [-0.15, -0.1) is 0 Å². The third-order valence-electron chi connectivity index (χ3n) is 2.65. The summed E-state index contributed by atoms with van der Waals surface area (Å²) in [5.41, 5.74) is 2.26. The van der Waals surface area contributed by atoms with E-state index in [0.717, 1.165) is 11.3 Å². The van der Waals surface area contributed by atoms with Crippen LogP contribution in [0.25, 0.3) is 0 Å². The number of hydrogen-bond donors (Lipinski definition) is 0. The highest BCUT2D eigenvalue weighted by atomic mass is 16.5. The molecule has 0 amide bonds. The summed E-state index contributed by atoms with van der Waals surface area (Å²) in [6.45, 7) is 2.04. The molecule has 0 aliphatic rings. The van der Waals surface area contributed by atoms with Crippen LogP contribution < -0.4 is 4.74 Å². The van der Waals surface area contributed by atoms with E-state index in [2.05, 4.69) is 12.1 Å². The standard InChI is InChI=1S/C13H18N2O/c1-10-5-6-13(16-4)11(9-10)12(7-8-14)15(2)3/h5-6,9,12H,7H2,1-4H3. The molecule has 1 aromatic carbocycles. The van der Waals surface area contributed by atoms with Gasteiger partial charge in [-0.05, 0) is 27.1 Å². The number of benzene rings is 1. The molecule has 0 saturated heterocycles. The van der Waals surface area contributed by atoms with Crippen molar-refractivity contribution in [2.75, 3.05) is 21.2 Å². The Balaban J connectivity index is 3.16. The van der Waals surface area contributed by atoms with Crippen LogP contribution in [0.1, 0.15) is 23.6 Å². The van der Waals surface area contributed by atoms with Crippen LogP contribution in [0.2, 0.25) is 0 Å². The normalized spacial score (nSPS) is 12.2. The van der Waals surface area contributed by atoms with Gasteiger partial charge in [0.1, 0.15) is 5.75 Å². The summed E-state index contributed by atoms with van der Waals surface area (Å²) in [4.78, 5) is 2.04. The molecule has 0 saturated carbocycles. The van der Waals surface area contributed by atoms with E-state index in [-0.39, 0.29) is 6.04 Å². The van der Waals surface area contributed by atoms with E-state index in [1.165, 1.54) is 5.56 Å². The van der Waals surface area contributed by atoms with Gasteiger partial charge < -0.3 is 9.64 Å². The third-order valence-corrected chi connectivity index (χ3v) is 2.65. The van der Waals surface area contributed by atoms with Crippen molar-refractivity contribution in [1.29, 1.82) is 5.26 Å². The highest BCUT2D eigenvalue weighted by Crippen LogP contribution is 2.30. The lowest BCUT2D eigenvalue weighted by Crippen LogP contribution is -2.20. The fourth-order valence-corrected chi connectivity index (χ4v) is 1.77. The molecule has 3 nitrogen and oxygen atoms in total. The second-order valence-electron chi connectivity index (χ2n) is 4.09. The Labute approximate surface area is 97.3 Å². The Morgan fingerprint density at radius 2 is 2.12 bits per heavy atom. The Morgan fingerprint density at radius 3 is 2.62 bits per heavy atom. The van der Waals surface area contributed by atoms with E-state index in [0.29, 0.717) is 6.42 Å². The van der Waals surface area contributed by atoms with Gasteiger partial charge in [-0.3, -0.25) is 0 Å². The molecule has 0 aromatic heterocycles. The van der Waals surface area contributed by atoms with Crippen LogP contribution in [-0.4, -0.2) is 26.1 Å². The fraction of sp³-hybridized carbons (Fsp3) is 0.462. The van der Waals surface area contributed by atoms with Crippen molar-refractivity contribution in [3.8, 4) is 11.8 Å². The zero-order chi connectivity index (χ0) is 12.1. The average Bonchev–Trinajstić information content (AvgIpc) is 2.25. The maximum Gasteiger partial charge on any atom is 0.123 e. The molecular weight excluding hydrogens is 200 g/mol. The maximum absolute atomic E-state index is 8.86. The molecule has 16 heavy (non-hydrogen) atoms. The molecule has 1 rings (SSSR count). The first-order valence-electron chi connectivity index (χ1n) is 5.28. The first-order chi connectivity index (χ1) is 7.60.